The van der Waals surface area contributed by atoms with Crippen molar-refractivity contribution in [3.05, 3.63) is 34.1 Å². The number of carbonyl (C=O) groups is 1. The maximum Gasteiger partial charge on any atom is 0.410 e. The number of ether oxygens (including phenoxy) is 1. The van der Waals surface area contributed by atoms with E-state index < -0.39 is 11.7 Å². The minimum atomic E-state index is -0.531. The van der Waals surface area contributed by atoms with E-state index in [-0.39, 0.29) is 5.82 Å². The molecule has 3 nitrogen and oxygen atoms in total. The second kappa shape index (κ2) is 5.69. The summed E-state index contributed by atoms with van der Waals surface area (Å²) in [5.74, 6) is -0.343. The molecule has 0 saturated heterocycles. The maximum atomic E-state index is 13.3. The molecule has 0 bridgehead atoms. The highest BCUT2D eigenvalue weighted by Crippen LogP contribution is 2.18. The first-order valence-corrected chi connectivity index (χ1v) is 6.36. The van der Waals surface area contributed by atoms with E-state index in [1.54, 1.807) is 40.0 Å². The van der Waals surface area contributed by atoms with Crippen molar-refractivity contribution in [3.8, 4) is 0 Å². The molecule has 0 aliphatic rings. The Morgan fingerprint density at radius 2 is 2.06 bits per heavy atom. The monoisotopic (exact) mass is 317 g/mol. The molecule has 0 aliphatic carbocycles. The van der Waals surface area contributed by atoms with Crippen LogP contribution in [0.25, 0.3) is 0 Å². The highest BCUT2D eigenvalue weighted by atomic mass is 79.9. The lowest BCUT2D eigenvalue weighted by atomic mass is 10.2. The second-order valence-corrected chi connectivity index (χ2v) is 5.94. The van der Waals surface area contributed by atoms with Crippen molar-refractivity contribution >= 4 is 22.0 Å². The lowest BCUT2D eigenvalue weighted by Crippen LogP contribution is -2.33. The average Bonchev–Trinajstić information content (AvgIpc) is 2.21. The largest absolute Gasteiger partial charge is 0.444 e. The zero-order chi connectivity index (χ0) is 13.9. The number of rotatable bonds is 2. The molecular formula is C13H17BrFNO2. The van der Waals surface area contributed by atoms with E-state index in [9.17, 15) is 9.18 Å². The van der Waals surface area contributed by atoms with Crippen LogP contribution in [-0.2, 0) is 11.3 Å². The lowest BCUT2D eigenvalue weighted by Gasteiger charge is -2.24. The van der Waals surface area contributed by atoms with Crippen molar-refractivity contribution in [3.63, 3.8) is 0 Å². The van der Waals surface area contributed by atoms with Gasteiger partial charge in [0.05, 0.1) is 4.47 Å². The summed E-state index contributed by atoms with van der Waals surface area (Å²) in [7, 11) is 1.62. The molecule has 0 fully saturated rings. The van der Waals surface area contributed by atoms with Crippen LogP contribution in [0.5, 0.6) is 0 Å². The van der Waals surface area contributed by atoms with Crippen LogP contribution in [0, 0.1) is 5.82 Å². The van der Waals surface area contributed by atoms with Gasteiger partial charge < -0.3 is 9.64 Å². The van der Waals surface area contributed by atoms with Gasteiger partial charge in [-0.3, -0.25) is 0 Å². The van der Waals surface area contributed by atoms with Gasteiger partial charge in [0.1, 0.15) is 11.4 Å². The lowest BCUT2D eigenvalue weighted by molar-refractivity contribution is 0.0285. The zero-order valence-electron chi connectivity index (χ0n) is 11.0. The van der Waals surface area contributed by atoms with Crippen molar-refractivity contribution in [1.29, 1.82) is 0 Å². The van der Waals surface area contributed by atoms with Crippen LogP contribution in [-0.4, -0.2) is 23.6 Å². The van der Waals surface area contributed by atoms with Gasteiger partial charge in [-0.25, -0.2) is 9.18 Å². The molecule has 0 aromatic heterocycles. The minimum Gasteiger partial charge on any atom is -0.444 e. The van der Waals surface area contributed by atoms with Crippen molar-refractivity contribution in [1.82, 2.24) is 4.90 Å². The molecule has 0 spiro atoms. The summed E-state index contributed by atoms with van der Waals surface area (Å²) in [6.45, 7) is 5.72. The second-order valence-electron chi connectivity index (χ2n) is 5.08. The van der Waals surface area contributed by atoms with E-state index in [1.807, 2.05) is 0 Å². The summed E-state index contributed by atoms with van der Waals surface area (Å²) in [6.07, 6.45) is -0.425. The molecule has 100 valence electrons. The Morgan fingerprint density at radius 3 is 2.56 bits per heavy atom. The molecule has 0 saturated carbocycles. The highest BCUT2D eigenvalue weighted by molar-refractivity contribution is 9.10. The molecule has 5 heteroatoms. The quantitative estimate of drug-likeness (QED) is 0.826. The third kappa shape index (κ3) is 4.64. The van der Waals surface area contributed by atoms with Gasteiger partial charge in [0.2, 0.25) is 0 Å². The normalized spacial score (nSPS) is 11.2. The predicted octanol–water partition coefficient (Wildman–Crippen LogP) is 3.96. The summed E-state index contributed by atoms with van der Waals surface area (Å²) in [6, 6.07) is 4.77. The van der Waals surface area contributed by atoms with Crippen LogP contribution in [0.1, 0.15) is 26.3 Å². The van der Waals surface area contributed by atoms with E-state index in [1.165, 1.54) is 11.0 Å². The SMILES string of the molecule is CN(Cc1ccc(Br)c(F)c1)C(=O)OC(C)(C)C. The molecule has 0 aliphatic heterocycles. The first-order valence-electron chi connectivity index (χ1n) is 5.57. The van der Waals surface area contributed by atoms with Gasteiger partial charge in [0, 0.05) is 13.6 Å². The molecule has 0 atom stereocenters. The molecule has 1 rings (SSSR count). The van der Waals surface area contributed by atoms with Gasteiger partial charge in [0.15, 0.2) is 0 Å². The minimum absolute atomic E-state index is 0.305. The molecule has 0 N–H and O–H groups in total. The van der Waals surface area contributed by atoms with Crippen molar-refractivity contribution in [2.45, 2.75) is 32.9 Å². The fraction of sp³-hybridized carbons (Fsp3) is 0.462. The predicted molar refractivity (Wildman–Crippen MR) is 71.8 cm³/mol. The number of benzene rings is 1. The first-order chi connectivity index (χ1) is 8.19. The molecule has 18 heavy (non-hydrogen) atoms. The summed E-state index contributed by atoms with van der Waals surface area (Å²) in [5.41, 5.74) is 0.181. The van der Waals surface area contributed by atoms with Crippen LogP contribution in [0.2, 0.25) is 0 Å². The number of hydrogen-bond donors (Lipinski definition) is 0. The van der Waals surface area contributed by atoms with Crippen LogP contribution in [0.3, 0.4) is 0 Å². The molecule has 1 aromatic carbocycles. The van der Waals surface area contributed by atoms with E-state index in [0.29, 0.717) is 16.6 Å². The van der Waals surface area contributed by atoms with Crippen LogP contribution >= 0.6 is 15.9 Å². The van der Waals surface area contributed by atoms with Crippen LogP contribution in [0.4, 0.5) is 9.18 Å². The summed E-state index contributed by atoms with van der Waals surface area (Å²) in [4.78, 5) is 13.1. The van der Waals surface area contributed by atoms with E-state index in [4.69, 9.17) is 4.74 Å². The van der Waals surface area contributed by atoms with Crippen molar-refractivity contribution in [2.24, 2.45) is 0 Å². The zero-order valence-corrected chi connectivity index (χ0v) is 12.5. The fourth-order valence-electron chi connectivity index (χ4n) is 1.32. The molecule has 0 heterocycles. The summed E-state index contributed by atoms with van der Waals surface area (Å²) >= 11 is 3.08. The Morgan fingerprint density at radius 1 is 1.44 bits per heavy atom. The van der Waals surface area contributed by atoms with Crippen molar-refractivity contribution in [2.75, 3.05) is 7.05 Å². The third-order valence-electron chi connectivity index (χ3n) is 2.11. The van der Waals surface area contributed by atoms with Gasteiger partial charge in [-0.2, -0.15) is 0 Å². The number of nitrogens with zero attached hydrogens (tertiary/aromatic N) is 1. The third-order valence-corrected chi connectivity index (χ3v) is 2.75. The number of amides is 1. The van der Waals surface area contributed by atoms with Gasteiger partial charge in [-0.1, -0.05) is 6.07 Å². The number of hydrogen-bond acceptors (Lipinski definition) is 2. The standard InChI is InChI=1S/C13H17BrFNO2/c1-13(2,3)18-12(17)16(4)8-9-5-6-10(14)11(15)7-9/h5-7H,8H2,1-4H3. The van der Waals surface area contributed by atoms with Gasteiger partial charge >= 0.3 is 6.09 Å². The Labute approximate surface area is 115 Å². The summed E-state index contributed by atoms with van der Waals surface area (Å²) in [5, 5.41) is 0. The maximum absolute atomic E-state index is 13.3. The number of carbonyl (C=O) groups excluding carboxylic acids is 1. The topological polar surface area (TPSA) is 29.5 Å². The molecule has 1 amide bonds. The smallest absolute Gasteiger partial charge is 0.410 e. The fourth-order valence-corrected chi connectivity index (χ4v) is 1.56. The Balaban J connectivity index is 2.66. The van der Waals surface area contributed by atoms with Gasteiger partial charge in [-0.05, 0) is 54.4 Å². The Hall–Kier alpha value is -1.10. The molecule has 0 radical (unpaired) electrons. The van der Waals surface area contributed by atoms with E-state index in [2.05, 4.69) is 15.9 Å². The van der Waals surface area contributed by atoms with Gasteiger partial charge in [-0.15, -0.1) is 0 Å². The molecular weight excluding hydrogens is 301 g/mol. The molecule has 0 unspecified atom stereocenters. The van der Waals surface area contributed by atoms with Gasteiger partial charge in [0.25, 0.3) is 0 Å². The highest BCUT2D eigenvalue weighted by Gasteiger charge is 2.19. The van der Waals surface area contributed by atoms with Crippen LogP contribution in [0.15, 0.2) is 22.7 Å². The molecule has 1 aromatic rings. The van der Waals surface area contributed by atoms with Crippen LogP contribution < -0.4 is 0 Å². The van der Waals surface area contributed by atoms with E-state index in [0.717, 1.165) is 0 Å². The Bertz CT molecular complexity index is 443. The summed E-state index contributed by atoms with van der Waals surface area (Å²) < 4.78 is 18.9. The Kier molecular flexibility index (Phi) is 4.73. The number of halogens is 2. The van der Waals surface area contributed by atoms with Crippen molar-refractivity contribution < 1.29 is 13.9 Å². The average molecular weight is 318 g/mol. The van der Waals surface area contributed by atoms with E-state index >= 15 is 0 Å². The first kappa shape index (κ1) is 15.0.